The molecule has 0 saturated carbocycles. The van der Waals surface area contributed by atoms with Gasteiger partial charge in [0, 0.05) is 6.42 Å². The van der Waals surface area contributed by atoms with Crippen LogP contribution in [-0.4, -0.2) is 46.9 Å². The van der Waals surface area contributed by atoms with Crippen LogP contribution in [0.3, 0.4) is 0 Å². The van der Waals surface area contributed by atoms with E-state index in [0.29, 0.717) is 19.3 Å². The van der Waals surface area contributed by atoms with Crippen LogP contribution in [0.15, 0.2) is 97.2 Å². The summed E-state index contributed by atoms with van der Waals surface area (Å²) in [6.45, 7) is 6.36. The van der Waals surface area contributed by atoms with E-state index in [9.17, 15) is 19.8 Å². The molecule has 0 fully saturated rings. The molecule has 3 atom stereocenters. The Hall–Kier alpha value is -3.22. The van der Waals surface area contributed by atoms with Crippen molar-refractivity contribution in [1.82, 2.24) is 5.32 Å². The molecule has 0 aromatic heterocycles. The minimum atomic E-state index is -0.809. The highest BCUT2D eigenvalue weighted by Crippen LogP contribution is 2.17. The lowest BCUT2D eigenvalue weighted by molar-refractivity contribution is -0.151. The van der Waals surface area contributed by atoms with Gasteiger partial charge in [-0.1, -0.05) is 253 Å². The second kappa shape index (κ2) is 51.8. The Balaban J connectivity index is 4.73. The first kappa shape index (κ1) is 61.8. The van der Waals surface area contributed by atoms with Crippen LogP contribution in [0.5, 0.6) is 0 Å². The standard InChI is InChI=1S/C59H101NO5/c1-4-7-10-13-16-19-22-25-27-29-30-32-34-37-40-43-46-49-52-59(64)65-55(50-47-44-41-38-35-33-31-28-26-23-20-17-14-11-8-5-2)53-58(63)60-56(54-61)57(62)51-48-45-42-39-36-24-21-18-15-12-9-6-3/h11,14,17,20,22-23,25-33,35,55-57,61-62H,4-10,12-13,15-16,18-19,21,24,34,36-54H2,1-3H3,(H,60,63)/b14-11+,20-17+,25-22+,26-23+,29-27+,31-28+,32-30+,35-33+. The summed E-state index contributed by atoms with van der Waals surface area (Å²) in [5.74, 6) is -0.544. The van der Waals surface area contributed by atoms with Crippen molar-refractivity contribution in [3.8, 4) is 0 Å². The van der Waals surface area contributed by atoms with Crippen molar-refractivity contribution in [2.75, 3.05) is 6.61 Å². The number of rotatable bonds is 47. The van der Waals surface area contributed by atoms with E-state index in [4.69, 9.17) is 4.74 Å². The van der Waals surface area contributed by atoms with Gasteiger partial charge in [0.25, 0.3) is 0 Å². The van der Waals surface area contributed by atoms with Crippen molar-refractivity contribution in [2.24, 2.45) is 0 Å². The summed E-state index contributed by atoms with van der Waals surface area (Å²) in [5, 5.41) is 23.8. The lowest BCUT2D eigenvalue weighted by Crippen LogP contribution is -2.46. The molecule has 0 aliphatic rings. The van der Waals surface area contributed by atoms with Gasteiger partial charge in [0.1, 0.15) is 6.10 Å². The maximum Gasteiger partial charge on any atom is 0.306 e. The number of carbonyl (C=O) groups is 2. The van der Waals surface area contributed by atoms with Crippen molar-refractivity contribution in [2.45, 2.75) is 257 Å². The monoisotopic (exact) mass is 904 g/mol. The highest BCUT2D eigenvalue weighted by atomic mass is 16.5. The van der Waals surface area contributed by atoms with E-state index in [1.54, 1.807) is 0 Å². The smallest absolute Gasteiger partial charge is 0.306 e. The molecule has 0 bridgehead atoms. The Morgan fingerprint density at radius 2 is 0.815 bits per heavy atom. The van der Waals surface area contributed by atoms with Gasteiger partial charge in [-0.15, -0.1) is 0 Å². The fraction of sp³-hybridized carbons (Fsp3) is 0.695. The molecule has 0 aromatic rings. The van der Waals surface area contributed by atoms with Crippen molar-refractivity contribution >= 4 is 11.9 Å². The van der Waals surface area contributed by atoms with Crippen molar-refractivity contribution in [3.63, 3.8) is 0 Å². The van der Waals surface area contributed by atoms with Crippen LogP contribution in [0, 0.1) is 0 Å². The third-order valence-corrected chi connectivity index (χ3v) is 11.8. The number of allylic oxidation sites excluding steroid dienone is 16. The third-order valence-electron chi connectivity index (χ3n) is 11.8. The zero-order valence-electron chi connectivity index (χ0n) is 42.3. The summed E-state index contributed by atoms with van der Waals surface area (Å²) >= 11 is 0. The van der Waals surface area contributed by atoms with Crippen molar-refractivity contribution < 1.29 is 24.5 Å². The number of nitrogens with one attached hydrogen (secondary N) is 1. The van der Waals surface area contributed by atoms with Gasteiger partial charge in [-0.3, -0.25) is 9.59 Å². The zero-order chi connectivity index (χ0) is 47.4. The van der Waals surface area contributed by atoms with Crippen LogP contribution >= 0.6 is 0 Å². The van der Waals surface area contributed by atoms with Crippen molar-refractivity contribution in [3.05, 3.63) is 97.2 Å². The zero-order valence-corrected chi connectivity index (χ0v) is 42.3. The lowest BCUT2D eigenvalue weighted by Gasteiger charge is -2.24. The van der Waals surface area contributed by atoms with Gasteiger partial charge in [0.2, 0.25) is 5.91 Å². The van der Waals surface area contributed by atoms with E-state index < -0.39 is 18.2 Å². The van der Waals surface area contributed by atoms with Gasteiger partial charge < -0.3 is 20.3 Å². The Bertz CT molecular complexity index is 1290. The van der Waals surface area contributed by atoms with E-state index in [2.05, 4.69) is 86.8 Å². The lowest BCUT2D eigenvalue weighted by atomic mass is 10.0. The van der Waals surface area contributed by atoms with E-state index in [1.165, 1.54) is 96.3 Å². The number of hydrogen-bond donors (Lipinski definition) is 3. The molecule has 6 nitrogen and oxygen atoms in total. The molecule has 0 aliphatic carbocycles. The SMILES string of the molecule is CCC/C=C/C=C/C=C/C=C/C=C/CCCCCC(CC(=O)NC(CO)C(O)CCCCCCCCCCCCCC)OC(=O)CCCCCCC/C=C/C=C/C=C/CCCCCCC. The van der Waals surface area contributed by atoms with E-state index in [0.717, 1.165) is 96.3 Å². The molecule has 0 spiro atoms. The van der Waals surface area contributed by atoms with Gasteiger partial charge in [-0.25, -0.2) is 0 Å². The Morgan fingerprint density at radius 3 is 1.26 bits per heavy atom. The Labute approximate surface area is 401 Å². The summed E-state index contributed by atoms with van der Waals surface area (Å²) in [4.78, 5) is 26.2. The van der Waals surface area contributed by atoms with Crippen molar-refractivity contribution in [1.29, 1.82) is 0 Å². The summed E-state index contributed by atoms with van der Waals surface area (Å²) in [6, 6.07) is -0.726. The number of esters is 1. The molecule has 0 heterocycles. The fourth-order valence-electron chi connectivity index (χ4n) is 7.70. The molecule has 0 saturated heterocycles. The number of carbonyl (C=O) groups excluding carboxylic acids is 2. The van der Waals surface area contributed by atoms with Crippen LogP contribution < -0.4 is 5.32 Å². The van der Waals surface area contributed by atoms with Gasteiger partial charge >= 0.3 is 5.97 Å². The fourth-order valence-corrected chi connectivity index (χ4v) is 7.70. The average molecular weight is 904 g/mol. The Morgan fingerprint density at radius 1 is 0.446 bits per heavy atom. The number of aliphatic hydroxyl groups excluding tert-OH is 2. The van der Waals surface area contributed by atoms with Gasteiger partial charge in [-0.2, -0.15) is 0 Å². The molecule has 65 heavy (non-hydrogen) atoms. The second-order valence-electron chi connectivity index (χ2n) is 18.1. The van der Waals surface area contributed by atoms with Crippen LogP contribution in [0.2, 0.25) is 0 Å². The number of unbranched alkanes of at least 4 members (excludes halogenated alkanes) is 25. The number of ether oxygens (including phenoxy) is 1. The second-order valence-corrected chi connectivity index (χ2v) is 18.1. The maximum absolute atomic E-state index is 13.2. The van der Waals surface area contributed by atoms with Crippen LogP contribution in [-0.2, 0) is 14.3 Å². The molecule has 6 heteroatoms. The molecule has 372 valence electrons. The van der Waals surface area contributed by atoms with Crippen LogP contribution in [0.25, 0.3) is 0 Å². The van der Waals surface area contributed by atoms with E-state index in [1.807, 2.05) is 36.5 Å². The number of hydrogen-bond acceptors (Lipinski definition) is 5. The van der Waals surface area contributed by atoms with Crippen LogP contribution in [0.1, 0.15) is 239 Å². The number of amides is 1. The van der Waals surface area contributed by atoms with E-state index >= 15 is 0 Å². The molecule has 3 N–H and O–H groups in total. The molecule has 0 aromatic carbocycles. The summed E-state index contributed by atoms with van der Waals surface area (Å²) < 4.78 is 5.92. The quantitative estimate of drug-likeness (QED) is 0.0321. The van der Waals surface area contributed by atoms with Gasteiger partial charge in [0.15, 0.2) is 0 Å². The third kappa shape index (κ3) is 47.1. The normalized spacial score (nSPS) is 14.0. The number of aliphatic hydroxyl groups is 2. The predicted octanol–water partition coefficient (Wildman–Crippen LogP) is 16.5. The maximum atomic E-state index is 13.2. The summed E-state index contributed by atoms with van der Waals surface area (Å²) in [5.41, 5.74) is 0. The molecular formula is C59H101NO5. The molecule has 0 radical (unpaired) electrons. The predicted molar refractivity (Wildman–Crippen MR) is 282 cm³/mol. The molecular weight excluding hydrogens is 803 g/mol. The minimum absolute atomic E-state index is 0.0358. The first-order valence-electron chi connectivity index (χ1n) is 27.1. The molecule has 0 aliphatic heterocycles. The van der Waals surface area contributed by atoms with Gasteiger partial charge in [-0.05, 0) is 70.6 Å². The minimum Gasteiger partial charge on any atom is -0.462 e. The van der Waals surface area contributed by atoms with Gasteiger partial charge in [0.05, 0.1) is 25.2 Å². The summed E-state index contributed by atoms with van der Waals surface area (Å²) in [6.07, 6.45) is 68.8. The Kier molecular flexibility index (Phi) is 49.2. The largest absolute Gasteiger partial charge is 0.462 e. The average Bonchev–Trinajstić information content (AvgIpc) is 3.30. The molecule has 1 amide bonds. The highest BCUT2D eigenvalue weighted by Gasteiger charge is 2.24. The van der Waals surface area contributed by atoms with E-state index in [-0.39, 0.29) is 24.9 Å². The molecule has 0 rings (SSSR count). The first-order valence-corrected chi connectivity index (χ1v) is 27.1. The summed E-state index contributed by atoms with van der Waals surface area (Å²) in [7, 11) is 0. The first-order chi connectivity index (χ1) is 32.0. The highest BCUT2D eigenvalue weighted by molar-refractivity contribution is 5.77. The topological polar surface area (TPSA) is 95.9 Å². The molecule has 3 unspecified atom stereocenters. The van der Waals surface area contributed by atoms with Crippen LogP contribution in [0.4, 0.5) is 0 Å².